The van der Waals surface area contributed by atoms with Crippen LogP contribution in [-0.4, -0.2) is 70.6 Å². The van der Waals surface area contributed by atoms with Gasteiger partial charge in [-0.3, -0.25) is 14.4 Å². The molecule has 1 aliphatic carbocycles. The summed E-state index contributed by atoms with van der Waals surface area (Å²) >= 11 is 6.01. The summed E-state index contributed by atoms with van der Waals surface area (Å²) in [5, 5.41) is 11.3. The summed E-state index contributed by atoms with van der Waals surface area (Å²) in [6.07, 6.45) is -3.29. The summed E-state index contributed by atoms with van der Waals surface area (Å²) in [6.45, 7) is -0.143. The molecule has 0 radical (unpaired) electrons. The van der Waals surface area contributed by atoms with Crippen LogP contribution in [0.2, 0.25) is 5.02 Å². The molecule has 14 nitrogen and oxygen atoms in total. The van der Waals surface area contributed by atoms with Crippen LogP contribution in [0.3, 0.4) is 0 Å². The van der Waals surface area contributed by atoms with Crippen molar-refractivity contribution < 1.29 is 41.8 Å². The quantitative estimate of drug-likeness (QED) is 0.124. The lowest BCUT2D eigenvalue weighted by Gasteiger charge is -2.19. The van der Waals surface area contributed by atoms with Gasteiger partial charge in [0.15, 0.2) is 6.61 Å². The molecule has 3 aromatic rings. The van der Waals surface area contributed by atoms with Crippen LogP contribution < -0.4 is 31.7 Å². The minimum Gasteiger partial charge on any atom is -0.464 e. The van der Waals surface area contributed by atoms with E-state index in [9.17, 15) is 32.3 Å². The molecule has 1 fully saturated rings. The molecule has 6 N–H and O–H groups in total. The van der Waals surface area contributed by atoms with Crippen LogP contribution in [0.15, 0.2) is 48.5 Å². The highest BCUT2D eigenvalue weighted by molar-refractivity contribution is 6.34. The molecule has 0 spiro atoms. The normalized spacial score (nSPS) is 13.9. The number of alkyl halides is 3. The van der Waals surface area contributed by atoms with Gasteiger partial charge in [0.05, 0.1) is 12.1 Å². The number of hydrogen-bond donors (Lipinski definition) is 5. The van der Waals surface area contributed by atoms with E-state index < -0.39 is 54.1 Å². The largest absolute Gasteiger partial charge is 0.464 e. The number of esters is 1. The molecule has 1 atom stereocenters. The van der Waals surface area contributed by atoms with Gasteiger partial charge in [-0.1, -0.05) is 23.7 Å². The van der Waals surface area contributed by atoms with E-state index in [0.717, 1.165) is 5.56 Å². The van der Waals surface area contributed by atoms with Crippen molar-refractivity contribution in [2.24, 2.45) is 5.73 Å². The van der Waals surface area contributed by atoms with E-state index in [0.29, 0.717) is 23.6 Å². The standard InChI is InChI=1S/C29H30ClF3N8O6/c1-2-46-24(45)20(11-14-35-23(44)21(34)42)37-22(43)16-3-9-19(10-4-16)36-25-38-26(40-27(39-25)47-15-29(31,32)33)41-28(12-13-28)17-5-7-18(30)8-6-17/h3-10,20H,2,11-15H2,1H3,(H2,34,42)(H,35,44)(H,37,43)(H2,36,38,39,40,41)/t20-/m0/s1. The number of anilines is 3. The van der Waals surface area contributed by atoms with Gasteiger partial charge >= 0.3 is 30.0 Å². The molecule has 1 saturated carbocycles. The maximum atomic E-state index is 12.9. The molecule has 18 heteroatoms. The number of carbonyl (C=O) groups excluding carboxylic acids is 4. The summed E-state index contributed by atoms with van der Waals surface area (Å²) < 4.78 is 48.4. The molecule has 3 amide bonds. The smallest absolute Gasteiger partial charge is 0.422 e. The zero-order valence-electron chi connectivity index (χ0n) is 24.8. The molecular formula is C29H30ClF3N8O6. The van der Waals surface area contributed by atoms with E-state index in [4.69, 9.17) is 26.8 Å². The fourth-order valence-electron chi connectivity index (χ4n) is 4.26. The minimum atomic E-state index is -4.63. The van der Waals surface area contributed by atoms with Crippen LogP contribution in [0.5, 0.6) is 6.01 Å². The molecule has 1 aromatic heterocycles. The van der Waals surface area contributed by atoms with E-state index in [-0.39, 0.29) is 37.0 Å². The second kappa shape index (κ2) is 14.9. The lowest BCUT2D eigenvalue weighted by molar-refractivity contribution is -0.154. The number of nitrogens with zero attached hydrogens (tertiary/aromatic N) is 3. The number of carbonyl (C=O) groups is 4. The van der Waals surface area contributed by atoms with E-state index in [1.807, 2.05) is 12.1 Å². The Kier molecular flexibility index (Phi) is 11.0. The van der Waals surface area contributed by atoms with Gasteiger partial charge in [-0.05, 0) is 68.1 Å². The number of nitrogens with one attached hydrogen (secondary N) is 4. The Balaban J connectivity index is 1.47. The third-order valence-corrected chi connectivity index (χ3v) is 6.95. The Bertz CT molecular complexity index is 1600. The van der Waals surface area contributed by atoms with Crippen LogP contribution in [0.1, 0.15) is 42.1 Å². The molecule has 1 aliphatic rings. The van der Waals surface area contributed by atoms with E-state index in [2.05, 4.69) is 36.2 Å². The first-order valence-electron chi connectivity index (χ1n) is 14.2. The molecule has 47 heavy (non-hydrogen) atoms. The SMILES string of the molecule is CCOC(=O)[C@H](CCNC(=O)C(N)=O)NC(=O)c1ccc(Nc2nc(NC3(c4ccc(Cl)cc4)CC3)nc(OCC(F)(F)F)n2)cc1. The third-order valence-electron chi connectivity index (χ3n) is 6.70. The highest BCUT2D eigenvalue weighted by atomic mass is 35.5. The van der Waals surface area contributed by atoms with Crippen molar-refractivity contribution in [1.29, 1.82) is 0 Å². The molecule has 0 saturated heterocycles. The fourth-order valence-corrected chi connectivity index (χ4v) is 4.38. The van der Waals surface area contributed by atoms with Crippen LogP contribution in [0, 0.1) is 0 Å². The average Bonchev–Trinajstić information content (AvgIpc) is 3.80. The van der Waals surface area contributed by atoms with Crippen molar-refractivity contribution in [2.45, 2.75) is 43.9 Å². The summed E-state index contributed by atoms with van der Waals surface area (Å²) in [4.78, 5) is 59.9. The number of aromatic nitrogens is 3. The molecule has 250 valence electrons. The number of rotatable bonds is 14. The van der Waals surface area contributed by atoms with E-state index >= 15 is 0 Å². The number of amides is 3. The predicted octanol–water partition coefficient (Wildman–Crippen LogP) is 2.96. The predicted molar refractivity (Wildman–Crippen MR) is 162 cm³/mol. The highest BCUT2D eigenvalue weighted by Gasteiger charge is 2.45. The molecule has 2 aromatic carbocycles. The monoisotopic (exact) mass is 678 g/mol. The Morgan fingerprint density at radius 1 is 1.00 bits per heavy atom. The molecule has 0 bridgehead atoms. The van der Waals surface area contributed by atoms with Gasteiger partial charge in [0.25, 0.3) is 5.91 Å². The summed E-state index contributed by atoms with van der Waals surface area (Å²) in [5.41, 5.74) is 5.73. The minimum absolute atomic E-state index is 0.0276. The molecule has 4 rings (SSSR count). The second-order valence-corrected chi connectivity index (χ2v) is 10.7. The number of primary amides is 1. The van der Waals surface area contributed by atoms with Crippen molar-refractivity contribution in [2.75, 3.05) is 30.4 Å². The van der Waals surface area contributed by atoms with Crippen LogP contribution in [0.25, 0.3) is 0 Å². The maximum Gasteiger partial charge on any atom is 0.422 e. The van der Waals surface area contributed by atoms with Crippen molar-refractivity contribution >= 4 is 52.9 Å². The molecule has 0 unspecified atom stereocenters. The highest BCUT2D eigenvalue weighted by Crippen LogP contribution is 2.48. The molecule has 0 aliphatic heterocycles. The number of ether oxygens (including phenoxy) is 2. The van der Waals surface area contributed by atoms with Crippen LogP contribution in [0.4, 0.5) is 30.8 Å². The lowest BCUT2D eigenvalue weighted by atomic mass is 10.1. The first-order chi connectivity index (χ1) is 22.3. The average molecular weight is 679 g/mol. The zero-order chi connectivity index (χ0) is 34.2. The number of benzene rings is 2. The van der Waals surface area contributed by atoms with Gasteiger partial charge in [0.1, 0.15) is 6.04 Å². The molecular weight excluding hydrogens is 649 g/mol. The Hall–Kier alpha value is -5.19. The second-order valence-electron chi connectivity index (χ2n) is 10.3. The van der Waals surface area contributed by atoms with Crippen molar-refractivity contribution in [3.63, 3.8) is 0 Å². The van der Waals surface area contributed by atoms with Gasteiger partial charge in [0.2, 0.25) is 11.9 Å². The van der Waals surface area contributed by atoms with E-state index in [1.54, 1.807) is 19.1 Å². The van der Waals surface area contributed by atoms with Gasteiger partial charge in [-0.15, -0.1) is 0 Å². The van der Waals surface area contributed by atoms with Crippen molar-refractivity contribution in [3.8, 4) is 6.01 Å². The summed E-state index contributed by atoms with van der Waals surface area (Å²) in [5.74, 6) is -3.81. The number of halogens is 4. The molecule has 1 heterocycles. The van der Waals surface area contributed by atoms with Crippen LogP contribution in [-0.2, 0) is 24.7 Å². The first kappa shape index (κ1) is 34.7. The fraction of sp³-hybridized carbons (Fsp3) is 0.345. The summed E-state index contributed by atoms with van der Waals surface area (Å²) in [7, 11) is 0. The van der Waals surface area contributed by atoms with Gasteiger partial charge in [0, 0.05) is 22.8 Å². The van der Waals surface area contributed by atoms with Gasteiger partial charge < -0.3 is 36.5 Å². The topological polar surface area (TPSA) is 200 Å². The Labute approximate surface area is 271 Å². The maximum absolute atomic E-state index is 12.9. The van der Waals surface area contributed by atoms with Crippen molar-refractivity contribution in [3.05, 3.63) is 64.7 Å². The lowest BCUT2D eigenvalue weighted by Crippen LogP contribution is -2.45. The number of nitrogens with two attached hydrogens (primary N) is 1. The van der Waals surface area contributed by atoms with E-state index in [1.165, 1.54) is 24.3 Å². The van der Waals surface area contributed by atoms with Gasteiger partial charge in [-0.2, -0.15) is 28.1 Å². The first-order valence-corrected chi connectivity index (χ1v) is 14.6. The van der Waals surface area contributed by atoms with Crippen LogP contribution >= 0.6 is 11.6 Å². The van der Waals surface area contributed by atoms with Crippen molar-refractivity contribution in [1.82, 2.24) is 25.6 Å². The Morgan fingerprint density at radius 3 is 2.26 bits per heavy atom. The summed E-state index contributed by atoms with van der Waals surface area (Å²) in [6, 6.07) is 11.2. The van der Waals surface area contributed by atoms with Gasteiger partial charge in [-0.25, -0.2) is 4.79 Å². The number of hydrogen-bond acceptors (Lipinski definition) is 11. The third kappa shape index (κ3) is 10.2. The Morgan fingerprint density at radius 2 is 1.66 bits per heavy atom. The zero-order valence-corrected chi connectivity index (χ0v) is 25.6.